The van der Waals surface area contributed by atoms with Crippen LogP contribution in [0.4, 0.5) is 0 Å². The molecule has 14 amide bonds. The highest BCUT2D eigenvalue weighted by molar-refractivity contribution is 6.01. The van der Waals surface area contributed by atoms with E-state index in [0.29, 0.717) is 49.7 Å². The van der Waals surface area contributed by atoms with Crippen LogP contribution in [0.2, 0.25) is 0 Å². The largest absolute Gasteiger partial charge is 0.508 e. The normalized spacial score (nSPS) is 14.8. The van der Waals surface area contributed by atoms with Gasteiger partial charge >= 0.3 is 23.9 Å². The molecule has 0 bridgehead atoms. The summed E-state index contributed by atoms with van der Waals surface area (Å²) in [6.07, 6.45) is -1.68. The first-order valence-electron chi connectivity index (χ1n) is 45.5. The number of carbonyl (C=O) groups is 18. The van der Waals surface area contributed by atoms with Gasteiger partial charge in [-0.1, -0.05) is 104 Å². The van der Waals surface area contributed by atoms with Crippen LogP contribution in [-0.4, -0.2) is 273 Å². The zero-order valence-corrected chi connectivity index (χ0v) is 77.9. The van der Waals surface area contributed by atoms with E-state index in [4.69, 9.17) is 39.8 Å². The van der Waals surface area contributed by atoms with Gasteiger partial charge in [-0.25, -0.2) is 4.79 Å². The van der Waals surface area contributed by atoms with Crippen LogP contribution in [0, 0.1) is 29.1 Å². The standard InChI is InChI=1S/C88H146N22O24/c1-9-51(8)72(110-83(129)64(43-49(4)5)105-81(127)66(45-53-29-31-54(112)32-30-53)107-84(130)67(47-111)108-82(128)65(44-52-22-11-10-12-23-52)106-80(126)63(42-48(2)3)104-78(124)60(33-35-68(113)114)97-73(119)55(93)46-70(117)118)86(132)102-61(34-36-69(115)116)77(123)99-58(26-15-19-39-91)79(125)109-71(50(6)7)85(131)101-57(25-14-18-38-90)74(120)100-59(28-21-41-96-88(94)95)75(121)98-56(24-13-17-37-89)76(122)103-62(87(133)134)27-16-20-40-92/h10-12,22-23,29-32,48-51,55-67,71-72,111-112H,9,13-21,24-28,33-47,89-93H2,1-8H3,(H,97,119)(H,98,121)(H,99,123)(H,100,120)(H,101,131)(H,102,132)(H,103,122)(H,104,124)(H,105,127)(H,106,126)(H,107,130)(H,108,128)(H,109,125)(H,110,129)(H,113,114)(H,115,116)(H,117,118)(H,133,134)(H4,94,95,96)/t51-,55-,56-,57-,58-,59-,60-,61-,62-,63-,64-,65-,66-,67-,71-,72-/m0/s1. The molecule has 0 saturated heterocycles. The first-order chi connectivity index (χ1) is 63.3. The van der Waals surface area contributed by atoms with Gasteiger partial charge in [-0.15, -0.1) is 0 Å². The fourth-order valence-corrected chi connectivity index (χ4v) is 13.9. The maximum atomic E-state index is 14.9. The molecular weight excluding hydrogens is 1750 g/mol. The van der Waals surface area contributed by atoms with Crippen molar-refractivity contribution in [1.82, 2.24) is 79.8 Å². The van der Waals surface area contributed by atoms with E-state index in [-0.39, 0.29) is 128 Å². The quantitative estimate of drug-likeness (QED) is 0.0171. The van der Waals surface area contributed by atoms with E-state index in [2.05, 4.69) is 79.8 Å². The van der Waals surface area contributed by atoms with Crippen LogP contribution in [0.25, 0.3) is 0 Å². The molecule has 46 nitrogen and oxygen atoms in total. The molecule has 0 fully saturated rings. The molecule has 0 spiro atoms. The van der Waals surface area contributed by atoms with Gasteiger partial charge in [0.25, 0.3) is 0 Å². The van der Waals surface area contributed by atoms with E-state index in [1.54, 1.807) is 85.7 Å². The summed E-state index contributed by atoms with van der Waals surface area (Å²) in [5.74, 6) is -22.5. The molecule has 0 aromatic heterocycles. The molecule has 0 unspecified atom stereocenters. The Bertz CT molecular complexity index is 4130. The molecule has 2 rings (SSSR count). The van der Waals surface area contributed by atoms with Crippen molar-refractivity contribution in [3.8, 4) is 5.75 Å². The number of aliphatic carboxylic acids is 4. The van der Waals surface area contributed by atoms with Gasteiger partial charge < -0.3 is 145 Å². The van der Waals surface area contributed by atoms with Crippen LogP contribution in [-0.2, 0) is 99.1 Å². The molecule has 46 heteroatoms. The van der Waals surface area contributed by atoms with Crippen molar-refractivity contribution in [3.63, 3.8) is 0 Å². The number of aliphatic hydroxyl groups is 1. The Morgan fingerprint density at radius 3 is 1.02 bits per heavy atom. The third kappa shape index (κ3) is 46.4. The number of aliphatic hydroxyl groups excluding tert-OH is 1. The van der Waals surface area contributed by atoms with Gasteiger partial charge in [0.05, 0.1) is 19.1 Å². The van der Waals surface area contributed by atoms with E-state index in [0.717, 1.165) is 0 Å². The summed E-state index contributed by atoms with van der Waals surface area (Å²) in [5, 5.41) is 106. The topological polar surface area (TPSA) is 789 Å². The van der Waals surface area contributed by atoms with E-state index >= 15 is 0 Å². The number of amides is 14. The Hall–Kier alpha value is -12.3. The summed E-state index contributed by atoms with van der Waals surface area (Å²) in [6, 6.07) is -9.96. The Kier molecular flexibility index (Phi) is 56.1. The lowest BCUT2D eigenvalue weighted by molar-refractivity contribution is -0.142. The predicted molar refractivity (Wildman–Crippen MR) is 492 cm³/mol. The summed E-state index contributed by atoms with van der Waals surface area (Å²) in [5.41, 5.74) is 35.1. The fraction of sp³-hybridized carbons (Fsp3) is 0.648. The molecule has 0 radical (unpaired) electrons. The number of hydrogen-bond acceptors (Lipinski definition) is 26. The number of carboxylic acids is 4. The minimum Gasteiger partial charge on any atom is -0.508 e. The van der Waals surface area contributed by atoms with Gasteiger partial charge in [0.15, 0.2) is 5.96 Å². The third-order valence-corrected chi connectivity index (χ3v) is 21.7. The number of benzene rings is 2. The minimum absolute atomic E-state index is 0.0130. The number of aromatic hydroxyl groups is 1. The fourth-order valence-electron chi connectivity index (χ4n) is 13.9. The van der Waals surface area contributed by atoms with Crippen molar-refractivity contribution in [2.45, 2.75) is 300 Å². The first-order valence-corrected chi connectivity index (χ1v) is 45.5. The zero-order chi connectivity index (χ0) is 101. The minimum atomic E-state index is -1.91. The van der Waals surface area contributed by atoms with Gasteiger partial charge in [-0.2, -0.15) is 0 Å². The second-order valence-electron chi connectivity index (χ2n) is 34.4. The third-order valence-electron chi connectivity index (χ3n) is 21.7. The van der Waals surface area contributed by atoms with E-state index in [1.807, 2.05) is 0 Å². The van der Waals surface area contributed by atoms with Crippen molar-refractivity contribution in [1.29, 1.82) is 5.41 Å². The summed E-state index contributed by atoms with van der Waals surface area (Å²) in [7, 11) is 0. The molecular formula is C88H146N22O24. The molecule has 0 saturated carbocycles. The van der Waals surface area contributed by atoms with Crippen LogP contribution >= 0.6 is 0 Å². The molecule has 134 heavy (non-hydrogen) atoms. The Labute approximate surface area is 780 Å². The smallest absolute Gasteiger partial charge is 0.326 e. The van der Waals surface area contributed by atoms with Crippen LogP contribution in [0.1, 0.15) is 208 Å². The number of nitrogens with two attached hydrogens (primary N) is 6. The number of nitrogens with one attached hydrogen (secondary N) is 16. The number of carboxylic acid groups (broad SMARTS) is 4. The van der Waals surface area contributed by atoms with Crippen LogP contribution in [0.3, 0.4) is 0 Å². The average molecular weight is 1900 g/mol. The van der Waals surface area contributed by atoms with E-state index < -0.39 is 260 Å². The van der Waals surface area contributed by atoms with Crippen LogP contribution in [0.15, 0.2) is 54.6 Å². The van der Waals surface area contributed by atoms with Crippen molar-refractivity contribution >= 4 is 113 Å². The lowest BCUT2D eigenvalue weighted by atomic mass is 9.95. The summed E-state index contributed by atoms with van der Waals surface area (Å²) in [6.45, 7) is 12.8. The van der Waals surface area contributed by atoms with Gasteiger partial charge in [0, 0.05) is 32.2 Å². The maximum Gasteiger partial charge on any atom is 0.326 e. The van der Waals surface area contributed by atoms with Crippen molar-refractivity contribution in [2.75, 3.05) is 39.3 Å². The molecule has 16 atom stereocenters. The van der Waals surface area contributed by atoms with Crippen molar-refractivity contribution in [3.05, 3.63) is 65.7 Å². The highest BCUT2D eigenvalue weighted by Gasteiger charge is 2.41. The Balaban J connectivity index is 2.65. The molecule has 2 aromatic rings. The molecule has 0 aliphatic heterocycles. The van der Waals surface area contributed by atoms with Gasteiger partial charge in [-0.05, 0) is 189 Å². The number of unbranched alkanes of at least 4 members (excludes halogenated alkanes) is 4. The maximum absolute atomic E-state index is 14.9. The number of carbonyl (C=O) groups excluding carboxylic acids is 14. The summed E-state index contributed by atoms with van der Waals surface area (Å²) < 4.78 is 0. The lowest BCUT2D eigenvalue weighted by Gasteiger charge is -2.30. The van der Waals surface area contributed by atoms with E-state index in [1.165, 1.54) is 24.3 Å². The molecule has 0 heterocycles. The van der Waals surface area contributed by atoms with Crippen LogP contribution < -0.4 is 114 Å². The Morgan fingerprint density at radius 2 is 0.657 bits per heavy atom. The molecule has 0 aliphatic carbocycles. The predicted octanol–water partition coefficient (Wildman–Crippen LogP) is -3.85. The van der Waals surface area contributed by atoms with Gasteiger partial charge in [0.2, 0.25) is 82.7 Å². The first kappa shape index (κ1) is 118. The van der Waals surface area contributed by atoms with E-state index in [9.17, 15) is 117 Å². The Morgan fingerprint density at radius 1 is 0.351 bits per heavy atom. The average Bonchev–Trinajstić information content (AvgIpc) is 0.858. The summed E-state index contributed by atoms with van der Waals surface area (Å²) in [4.78, 5) is 250. The highest BCUT2D eigenvalue weighted by atomic mass is 16.4. The zero-order valence-electron chi connectivity index (χ0n) is 77.9. The lowest BCUT2D eigenvalue weighted by Crippen LogP contribution is -2.62. The molecule has 752 valence electrons. The number of phenols is 1. The number of hydrogen-bond donors (Lipinski definition) is 28. The van der Waals surface area contributed by atoms with Crippen LogP contribution in [0.5, 0.6) is 5.75 Å². The van der Waals surface area contributed by atoms with Crippen molar-refractivity contribution < 1.29 is 117 Å². The summed E-state index contributed by atoms with van der Waals surface area (Å²) >= 11 is 0. The number of rotatable bonds is 69. The van der Waals surface area contributed by atoms with Gasteiger partial charge in [0.1, 0.15) is 90.3 Å². The second kappa shape index (κ2) is 63.8. The molecule has 2 aromatic carbocycles. The monoisotopic (exact) mass is 1900 g/mol. The second-order valence-corrected chi connectivity index (χ2v) is 34.4. The molecule has 0 aliphatic rings. The number of phenolic OH excluding ortho intramolecular Hbond substituents is 1. The van der Waals surface area contributed by atoms with Gasteiger partial charge in [-0.3, -0.25) is 86.9 Å². The van der Waals surface area contributed by atoms with Crippen molar-refractivity contribution in [2.24, 2.45) is 58.1 Å². The number of guanidine groups is 1. The molecule has 34 N–H and O–H groups in total. The highest BCUT2D eigenvalue weighted by Crippen LogP contribution is 2.19. The SMILES string of the molecule is CC[C@H](C)[C@H](NC(=O)[C@H](CC(C)C)NC(=O)[C@H](Cc1ccc(O)cc1)NC(=O)[C@H](CO)NC(=O)[C@H](Cc1ccccc1)NC(=O)[C@H](CC(C)C)NC(=O)[C@H](CCC(=O)O)NC(=O)[C@@H](N)CC(=O)O)C(=O)N[C@@H](CCC(=O)O)C(=O)N[C@@H](CCCCN)C(=O)N[C@H](C(=O)N[C@@H](CCCCN)C(=O)N[C@@H](CCCNC(=N)N)C(=O)N[C@@H](CCCCN)C(=O)N[C@@H](CCCCN)C(=O)O)C(C)C.